The Kier molecular flexibility index (Phi) is 5.03. The molecule has 0 saturated heterocycles. The van der Waals surface area contributed by atoms with Crippen LogP contribution in [0.4, 0.5) is 4.39 Å². The Balaban J connectivity index is 2.98. The third-order valence-electron chi connectivity index (χ3n) is 1.83. The molecule has 1 nitrogen and oxygen atoms in total. The molecule has 1 aromatic carbocycles. The first-order chi connectivity index (χ1) is 7.06. The number of alkyl halides is 1. The maximum absolute atomic E-state index is 13.1. The molecule has 0 amide bonds. The van der Waals surface area contributed by atoms with E-state index in [4.69, 9.17) is 23.2 Å². The molecule has 0 spiro atoms. The lowest BCUT2D eigenvalue weighted by Crippen LogP contribution is -2.01. The fraction of sp³-hybridized carbons (Fsp3) is 0.300. The van der Waals surface area contributed by atoms with Crippen molar-refractivity contribution in [2.24, 2.45) is 0 Å². The summed E-state index contributed by atoms with van der Waals surface area (Å²) in [7, 11) is 0. The van der Waals surface area contributed by atoms with Crippen molar-refractivity contribution in [1.29, 1.82) is 0 Å². The van der Waals surface area contributed by atoms with E-state index < -0.39 is 5.82 Å². The van der Waals surface area contributed by atoms with Gasteiger partial charge in [-0.1, -0.05) is 39.1 Å². The molecule has 0 N–H and O–H groups in total. The van der Waals surface area contributed by atoms with E-state index in [0.717, 1.165) is 11.4 Å². The van der Waals surface area contributed by atoms with Gasteiger partial charge in [0.1, 0.15) is 5.82 Å². The van der Waals surface area contributed by atoms with Gasteiger partial charge in [0.05, 0.1) is 5.02 Å². The summed E-state index contributed by atoms with van der Waals surface area (Å²) >= 11 is 14.5. The van der Waals surface area contributed by atoms with Crippen molar-refractivity contribution in [3.63, 3.8) is 0 Å². The lowest BCUT2D eigenvalue weighted by molar-refractivity contribution is 0.0982. The molecule has 0 fully saturated rings. The van der Waals surface area contributed by atoms with E-state index in [9.17, 15) is 9.18 Å². The van der Waals surface area contributed by atoms with Crippen LogP contribution in [0, 0.1) is 5.82 Å². The van der Waals surface area contributed by atoms with E-state index in [0.29, 0.717) is 12.8 Å². The number of ketones is 1. The average Bonchev–Trinajstić information content (AvgIpc) is 2.19. The van der Waals surface area contributed by atoms with Crippen molar-refractivity contribution in [2.45, 2.75) is 12.8 Å². The number of Topliss-reactive ketones (excluding diaryl/α,β-unsaturated/α-hetero) is 1. The summed E-state index contributed by atoms with van der Waals surface area (Å²) < 4.78 is 13.1. The summed E-state index contributed by atoms with van der Waals surface area (Å²) in [6, 6.07) is 2.48. The second-order valence-corrected chi connectivity index (χ2v) is 4.57. The van der Waals surface area contributed by atoms with Crippen LogP contribution in [-0.2, 0) is 0 Å². The molecule has 0 aliphatic rings. The van der Waals surface area contributed by atoms with Gasteiger partial charge in [0.15, 0.2) is 5.78 Å². The fourth-order valence-corrected chi connectivity index (χ4v) is 1.82. The van der Waals surface area contributed by atoms with E-state index in [-0.39, 0.29) is 21.4 Å². The fourth-order valence-electron chi connectivity index (χ4n) is 1.12. The van der Waals surface area contributed by atoms with E-state index in [1.165, 1.54) is 6.07 Å². The van der Waals surface area contributed by atoms with Gasteiger partial charge in [0, 0.05) is 22.3 Å². The molecule has 0 aliphatic heterocycles. The molecule has 0 aromatic heterocycles. The lowest BCUT2D eigenvalue weighted by atomic mass is 10.1. The third kappa shape index (κ3) is 3.44. The topological polar surface area (TPSA) is 17.1 Å². The van der Waals surface area contributed by atoms with E-state index in [2.05, 4.69) is 15.9 Å². The van der Waals surface area contributed by atoms with Crippen LogP contribution in [0.15, 0.2) is 12.1 Å². The molecular formula is C10H8BrCl2FO. The highest BCUT2D eigenvalue weighted by Crippen LogP contribution is 2.26. The van der Waals surface area contributed by atoms with Crippen molar-refractivity contribution >= 4 is 44.9 Å². The Morgan fingerprint density at radius 3 is 2.67 bits per heavy atom. The SMILES string of the molecule is O=C(CCCBr)c1cc(Cl)cc(F)c1Cl. The summed E-state index contributed by atoms with van der Waals surface area (Å²) in [5.74, 6) is -0.854. The maximum Gasteiger partial charge on any atom is 0.164 e. The highest BCUT2D eigenvalue weighted by Gasteiger charge is 2.14. The van der Waals surface area contributed by atoms with E-state index in [1.54, 1.807) is 0 Å². The Labute approximate surface area is 106 Å². The minimum atomic E-state index is -0.661. The van der Waals surface area contributed by atoms with Crippen LogP contribution < -0.4 is 0 Å². The smallest absolute Gasteiger partial charge is 0.164 e. The molecule has 0 heterocycles. The number of hydrogen-bond acceptors (Lipinski definition) is 1. The van der Waals surface area contributed by atoms with Gasteiger partial charge in [-0.05, 0) is 18.6 Å². The van der Waals surface area contributed by atoms with Crippen molar-refractivity contribution in [2.75, 3.05) is 5.33 Å². The normalized spacial score (nSPS) is 10.4. The van der Waals surface area contributed by atoms with Crippen LogP contribution in [0.25, 0.3) is 0 Å². The standard InChI is InChI=1S/C10H8BrCl2FO/c11-3-1-2-9(15)7-4-6(12)5-8(14)10(7)13/h4-5H,1-3H2. The zero-order valence-electron chi connectivity index (χ0n) is 7.70. The first-order valence-corrected chi connectivity index (χ1v) is 6.17. The Bertz CT molecular complexity index is 382. The number of carbonyl (C=O) groups is 1. The van der Waals surface area contributed by atoms with Crippen molar-refractivity contribution < 1.29 is 9.18 Å². The molecule has 0 radical (unpaired) electrons. The molecular weight excluding hydrogens is 306 g/mol. The molecule has 1 rings (SSSR count). The van der Waals surface area contributed by atoms with Gasteiger partial charge in [-0.15, -0.1) is 0 Å². The molecule has 1 aromatic rings. The van der Waals surface area contributed by atoms with Crippen molar-refractivity contribution in [3.05, 3.63) is 33.6 Å². The average molecular weight is 314 g/mol. The molecule has 15 heavy (non-hydrogen) atoms. The zero-order chi connectivity index (χ0) is 11.4. The van der Waals surface area contributed by atoms with E-state index >= 15 is 0 Å². The van der Waals surface area contributed by atoms with Crippen LogP contribution in [0.5, 0.6) is 0 Å². The van der Waals surface area contributed by atoms with Gasteiger partial charge in [-0.2, -0.15) is 0 Å². The first kappa shape index (κ1) is 12.9. The summed E-state index contributed by atoms with van der Waals surface area (Å²) in [5, 5.41) is 0.748. The Hall–Kier alpha value is -0.120. The monoisotopic (exact) mass is 312 g/mol. The molecule has 5 heteroatoms. The summed E-state index contributed by atoms with van der Waals surface area (Å²) in [6.07, 6.45) is 1.01. The first-order valence-electron chi connectivity index (χ1n) is 4.30. The minimum Gasteiger partial charge on any atom is -0.294 e. The Morgan fingerprint density at radius 2 is 2.07 bits per heavy atom. The quantitative estimate of drug-likeness (QED) is 0.455. The number of benzene rings is 1. The highest BCUT2D eigenvalue weighted by molar-refractivity contribution is 9.09. The largest absolute Gasteiger partial charge is 0.294 e. The molecule has 0 aliphatic carbocycles. The van der Waals surface area contributed by atoms with Gasteiger partial charge < -0.3 is 0 Å². The third-order valence-corrected chi connectivity index (χ3v) is 2.99. The van der Waals surface area contributed by atoms with Crippen LogP contribution >= 0.6 is 39.1 Å². The van der Waals surface area contributed by atoms with Crippen molar-refractivity contribution in [3.8, 4) is 0 Å². The second-order valence-electron chi connectivity index (χ2n) is 2.96. The highest BCUT2D eigenvalue weighted by atomic mass is 79.9. The van der Waals surface area contributed by atoms with Crippen molar-refractivity contribution in [1.82, 2.24) is 0 Å². The molecule has 82 valence electrons. The molecule has 0 saturated carbocycles. The summed E-state index contributed by atoms with van der Waals surface area (Å²) in [4.78, 5) is 11.6. The van der Waals surface area contributed by atoms with Gasteiger partial charge in [0.25, 0.3) is 0 Å². The van der Waals surface area contributed by atoms with Gasteiger partial charge >= 0.3 is 0 Å². The van der Waals surface area contributed by atoms with Gasteiger partial charge in [0.2, 0.25) is 0 Å². The number of carbonyl (C=O) groups excluding carboxylic acids is 1. The maximum atomic E-state index is 13.1. The number of rotatable bonds is 4. The van der Waals surface area contributed by atoms with Crippen LogP contribution in [-0.4, -0.2) is 11.1 Å². The molecule has 0 atom stereocenters. The Morgan fingerprint density at radius 1 is 1.40 bits per heavy atom. The lowest BCUT2D eigenvalue weighted by Gasteiger charge is -2.04. The van der Waals surface area contributed by atoms with Crippen LogP contribution in [0.3, 0.4) is 0 Å². The van der Waals surface area contributed by atoms with Gasteiger partial charge in [-0.25, -0.2) is 4.39 Å². The predicted octanol–water partition coefficient (Wildman–Crippen LogP) is 4.49. The predicted molar refractivity (Wildman–Crippen MR) is 63.8 cm³/mol. The number of halogens is 4. The van der Waals surface area contributed by atoms with Gasteiger partial charge in [-0.3, -0.25) is 4.79 Å². The van der Waals surface area contributed by atoms with Crippen LogP contribution in [0.2, 0.25) is 10.0 Å². The number of hydrogen-bond donors (Lipinski definition) is 0. The zero-order valence-corrected chi connectivity index (χ0v) is 10.8. The molecule has 0 bridgehead atoms. The summed E-state index contributed by atoms with van der Waals surface area (Å²) in [6.45, 7) is 0. The van der Waals surface area contributed by atoms with E-state index in [1.807, 2.05) is 0 Å². The summed E-state index contributed by atoms with van der Waals surface area (Å²) in [5.41, 5.74) is 0.155. The van der Waals surface area contributed by atoms with Crippen LogP contribution in [0.1, 0.15) is 23.2 Å². The minimum absolute atomic E-state index is 0.154. The molecule has 0 unspecified atom stereocenters. The second kappa shape index (κ2) is 5.83.